The van der Waals surface area contributed by atoms with E-state index in [-0.39, 0.29) is 5.97 Å². The van der Waals surface area contributed by atoms with Crippen molar-refractivity contribution in [3.8, 4) is 0 Å². The highest BCUT2D eigenvalue weighted by atomic mass is 16.5. The summed E-state index contributed by atoms with van der Waals surface area (Å²) in [7, 11) is 1.40. The Balaban J connectivity index is 2.28. The second kappa shape index (κ2) is 4.93. The predicted octanol–water partition coefficient (Wildman–Crippen LogP) is -0.168. The average molecular weight is 170 g/mol. The molecule has 1 aliphatic heterocycles. The SMILES string of the molecule is COC(=O)/C=C/[C@H]1CCCC[NH2+]1. The van der Waals surface area contributed by atoms with Crippen LogP contribution >= 0.6 is 0 Å². The molecule has 0 bridgehead atoms. The van der Waals surface area contributed by atoms with Crippen LogP contribution in [0, 0.1) is 0 Å². The van der Waals surface area contributed by atoms with Crippen LogP contribution in [0.2, 0.25) is 0 Å². The summed E-state index contributed by atoms with van der Waals surface area (Å²) in [4.78, 5) is 10.7. The summed E-state index contributed by atoms with van der Waals surface area (Å²) in [5.41, 5.74) is 0. The van der Waals surface area contributed by atoms with Crippen LogP contribution in [0.5, 0.6) is 0 Å². The minimum Gasteiger partial charge on any atom is -0.466 e. The summed E-state index contributed by atoms with van der Waals surface area (Å²) in [6.45, 7) is 1.18. The number of nitrogens with two attached hydrogens (primary N) is 1. The van der Waals surface area contributed by atoms with Gasteiger partial charge in [-0.15, -0.1) is 0 Å². The lowest BCUT2D eigenvalue weighted by Crippen LogP contribution is -2.90. The van der Waals surface area contributed by atoms with Crippen molar-refractivity contribution in [3.63, 3.8) is 0 Å². The first-order chi connectivity index (χ1) is 5.83. The van der Waals surface area contributed by atoms with Gasteiger partial charge in [0.15, 0.2) is 0 Å². The highest BCUT2D eigenvalue weighted by molar-refractivity contribution is 5.81. The minimum absolute atomic E-state index is 0.256. The maximum Gasteiger partial charge on any atom is 0.330 e. The van der Waals surface area contributed by atoms with Gasteiger partial charge in [0.2, 0.25) is 0 Å². The third-order valence-electron chi connectivity index (χ3n) is 2.14. The summed E-state index contributed by atoms with van der Waals surface area (Å²) < 4.78 is 4.50. The third-order valence-corrected chi connectivity index (χ3v) is 2.14. The van der Waals surface area contributed by atoms with E-state index in [0.717, 1.165) is 0 Å². The zero-order valence-electron chi connectivity index (χ0n) is 7.45. The van der Waals surface area contributed by atoms with Crippen LogP contribution < -0.4 is 5.32 Å². The monoisotopic (exact) mass is 170 g/mol. The number of rotatable bonds is 2. The van der Waals surface area contributed by atoms with E-state index in [9.17, 15) is 4.79 Å². The fourth-order valence-corrected chi connectivity index (χ4v) is 1.42. The Morgan fingerprint density at radius 3 is 3.00 bits per heavy atom. The van der Waals surface area contributed by atoms with Gasteiger partial charge in [-0.3, -0.25) is 0 Å². The van der Waals surface area contributed by atoms with E-state index in [1.54, 1.807) is 0 Å². The zero-order chi connectivity index (χ0) is 8.81. The molecule has 1 saturated heterocycles. The summed E-state index contributed by atoms with van der Waals surface area (Å²) in [6, 6.07) is 0.484. The number of hydrogen-bond donors (Lipinski definition) is 1. The number of esters is 1. The molecule has 1 rings (SSSR count). The van der Waals surface area contributed by atoms with Crippen LogP contribution in [0.15, 0.2) is 12.2 Å². The topological polar surface area (TPSA) is 42.9 Å². The maximum absolute atomic E-state index is 10.7. The Morgan fingerprint density at radius 2 is 2.42 bits per heavy atom. The van der Waals surface area contributed by atoms with Crippen LogP contribution in [-0.2, 0) is 9.53 Å². The van der Waals surface area contributed by atoms with Gasteiger partial charge in [-0.25, -0.2) is 4.79 Å². The molecule has 1 heterocycles. The second-order valence-electron chi connectivity index (χ2n) is 3.07. The summed E-state index contributed by atoms with van der Waals surface area (Å²) in [5, 5.41) is 2.27. The summed E-state index contributed by atoms with van der Waals surface area (Å²) >= 11 is 0. The van der Waals surface area contributed by atoms with Gasteiger partial charge in [-0.05, 0) is 18.9 Å². The van der Waals surface area contributed by atoms with Gasteiger partial charge in [-0.2, -0.15) is 0 Å². The second-order valence-corrected chi connectivity index (χ2v) is 3.07. The highest BCUT2D eigenvalue weighted by Gasteiger charge is 2.12. The van der Waals surface area contributed by atoms with Crippen LogP contribution in [0.1, 0.15) is 19.3 Å². The van der Waals surface area contributed by atoms with Gasteiger partial charge in [0.25, 0.3) is 0 Å². The average Bonchev–Trinajstić information content (AvgIpc) is 2.16. The summed E-state index contributed by atoms with van der Waals surface area (Å²) in [6.07, 6.45) is 7.19. The molecule has 0 aromatic heterocycles. The van der Waals surface area contributed by atoms with Gasteiger partial charge in [0.05, 0.1) is 13.7 Å². The van der Waals surface area contributed by atoms with Crippen molar-refractivity contribution in [1.82, 2.24) is 0 Å². The van der Waals surface area contributed by atoms with Crippen LogP contribution in [-0.4, -0.2) is 25.7 Å². The molecule has 0 spiro atoms. The summed E-state index contributed by atoms with van der Waals surface area (Å²) in [5.74, 6) is -0.256. The van der Waals surface area contributed by atoms with Gasteiger partial charge in [0, 0.05) is 12.5 Å². The maximum atomic E-state index is 10.7. The number of methoxy groups -OCH3 is 1. The van der Waals surface area contributed by atoms with Crippen molar-refractivity contribution in [2.24, 2.45) is 0 Å². The standard InChI is InChI=1S/C9H15NO2/c1-12-9(11)6-5-8-4-2-3-7-10-8/h5-6,8,10H,2-4,7H2,1H3/p+1/b6-5+/t8-/m1/s1. The Bertz CT molecular complexity index is 171. The number of hydrogen-bond acceptors (Lipinski definition) is 2. The molecule has 0 saturated carbocycles. The van der Waals surface area contributed by atoms with E-state index in [0.29, 0.717) is 6.04 Å². The first-order valence-corrected chi connectivity index (χ1v) is 4.42. The fourth-order valence-electron chi connectivity index (χ4n) is 1.42. The first-order valence-electron chi connectivity index (χ1n) is 4.42. The number of ether oxygens (including phenoxy) is 1. The Labute approximate surface area is 72.8 Å². The molecule has 0 unspecified atom stereocenters. The Morgan fingerprint density at radius 1 is 1.58 bits per heavy atom. The molecule has 12 heavy (non-hydrogen) atoms. The highest BCUT2D eigenvalue weighted by Crippen LogP contribution is 2.01. The third kappa shape index (κ3) is 3.05. The van der Waals surface area contributed by atoms with Crippen LogP contribution in [0.25, 0.3) is 0 Å². The molecule has 68 valence electrons. The molecular formula is C9H16NO2+. The number of piperidine rings is 1. The Hall–Kier alpha value is -0.830. The van der Waals surface area contributed by atoms with Crippen LogP contribution in [0.3, 0.4) is 0 Å². The molecule has 1 aliphatic rings. The zero-order valence-corrected chi connectivity index (χ0v) is 7.45. The van der Waals surface area contributed by atoms with Gasteiger partial charge in [0.1, 0.15) is 6.04 Å². The molecular weight excluding hydrogens is 154 g/mol. The molecule has 0 amide bonds. The number of carbonyl (C=O) groups is 1. The predicted molar refractivity (Wildman–Crippen MR) is 45.6 cm³/mol. The van der Waals surface area contributed by atoms with E-state index in [4.69, 9.17) is 0 Å². The van der Waals surface area contributed by atoms with Crippen molar-refractivity contribution in [3.05, 3.63) is 12.2 Å². The van der Waals surface area contributed by atoms with E-state index < -0.39 is 0 Å². The van der Waals surface area contributed by atoms with E-state index in [2.05, 4.69) is 10.1 Å². The minimum atomic E-state index is -0.256. The lowest BCUT2D eigenvalue weighted by atomic mass is 10.0. The Kier molecular flexibility index (Phi) is 3.80. The van der Waals surface area contributed by atoms with Crippen molar-refractivity contribution >= 4 is 5.97 Å². The molecule has 0 radical (unpaired) electrons. The molecule has 3 heteroatoms. The van der Waals surface area contributed by atoms with Crippen molar-refractivity contribution in [1.29, 1.82) is 0 Å². The smallest absolute Gasteiger partial charge is 0.330 e. The first kappa shape index (κ1) is 9.26. The van der Waals surface area contributed by atoms with Gasteiger partial charge in [-0.1, -0.05) is 0 Å². The molecule has 3 nitrogen and oxygen atoms in total. The number of carbonyl (C=O) groups excluding carboxylic acids is 1. The largest absolute Gasteiger partial charge is 0.466 e. The normalized spacial score (nSPS) is 24.2. The lowest BCUT2D eigenvalue weighted by Gasteiger charge is -2.16. The molecule has 0 aromatic carbocycles. The molecule has 1 atom stereocenters. The van der Waals surface area contributed by atoms with Crippen molar-refractivity contribution < 1.29 is 14.8 Å². The molecule has 0 aromatic rings. The lowest BCUT2D eigenvalue weighted by molar-refractivity contribution is -0.687. The molecule has 2 N–H and O–H groups in total. The van der Waals surface area contributed by atoms with Crippen molar-refractivity contribution in [2.75, 3.05) is 13.7 Å². The van der Waals surface area contributed by atoms with Crippen LogP contribution in [0.4, 0.5) is 0 Å². The van der Waals surface area contributed by atoms with Crippen molar-refractivity contribution in [2.45, 2.75) is 25.3 Å². The quantitative estimate of drug-likeness (QED) is 0.462. The molecule has 1 fully saturated rings. The van der Waals surface area contributed by atoms with E-state index in [1.807, 2.05) is 6.08 Å². The van der Waals surface area contributed by atoms with E-state index in [1.165, 1.54) is 39.0 Å². The number of quaternary nitrogens is 1. The van der Waals surface area contributed by atoms with Gasteiger partial charge < -0.3 is 10.1 Å². The molecule has 0 aliphatic carbocycles. The fraction of sp³-hybridized carbons (Fsp3) is 0.667. The van der Waals surface area contributed by atoms with Gasteiger partial charge >= 0.3 is 5.97 Å². The van der Waals surface area contributed by atoms with E-state index >= 15 is 0 Å².